The topological polar surface area (TPSA) is 13.1 Å². The maximum atomic E-state index is 4.95. The fraction of sp³-hybridized carbons (Fsp3) is 0.143. The molecule has 0 bridgehead atoms. The molecule has 0 aliphatic carbocycles. The summed E-state index contributed by atoms with van der Waals surface area (Å²) in [5.41, 5.74) is 0. The average molecular weight is 107 g/mol. The quantitative estimate of drug-likeness (QED) is 0.525. The molecule has 1 radical (unpaired) electrons. The molecule has 0 aromatic carbocycles. The Morgan fingerprint density at radius 3 is 3.25 bits per heavy atom. The van der Waals surface area contributed by atoms with E-state index in [1.54, 1.807) is 12.3 Å². The molecule has 41 valence electrons. The zero-order valence-electron chi connectivity index (χ0n) is 4.55. The van der Waals surface area contributed by atoms with Crippen LogP contribution in [0.25, 0.3) is 0 Å². The number of allylic oxidation sites excluding steroid dienone is 1. The standard InChI is InChI=1S/C7H7O/c1-2-4-7-5-3-6-8-7/h2,5-6H,1,4H2. The summed E-state index contributed by atoms with van der Waals surface area (Å²) in [5.74, 6) is 0.917. The van der Waals surface area contributed by atoms with Gasteiger partial charge in [0, 0.05) is 12.5 Å². The van der Waals surface area contributed by atoms with Crippen molar-refractivity contribution < 1.29 is 4.42 Å². The lowest BCUT2D eigenvalue weighted by Gasteiger charge is -1.81. The van der Waals surface area contributed by atoms with Gasteiger partial charge in [-0.2, -0.15) is 0 Å². The van der Waals surface area contributed by atoms with Crippen molar-refractivity contribution >= 4 is 0 Å². The van der Waals surface area contributed by atoms with Crippen LogP contribution in [0.1, 0.15) is 5.76 Å². The zero-order chi connectivity index (χ0) is 5.82. The average Bonchev–Trinajstić information content (AvgIpc) is 2.19. The number of furan rings is 1. The predicted molar refractivity (Wildman–Crippen MR) is 31.4 cm³/mol. The summed E-state index contributed by atoms with van der Waals surface area (Å²) >= 11 is 0. The highest BCUT2D eigenvalue weighted by Gasteiger charge is 1.87. The summed E-state index contributed by atoms with van der Waals surface area (Å²) in [6, 6.07) is 4.61. The monoisotopic (exact) mass is 107 g/mol. The second-order valence-corrected chi connectivity index (χ2v) is 1.51. The summed E-state index contributed by atoms with van der Waals surface area (Å²) in [5, 5.41) is 0. The van der Waals surface area contributed by atoms with Crippen molar-refractivity contribution in [3.05, 3.63) is 36.8 Å². The minimum absolute atomic E-state index is 0.795. The van der Waals surface area contributed by atoms with Gasteiger partial charge in [0.2, 0.25) is 0 Å². The minimum Gasteiger partial charge on any atom is -0.468 e. The van der Waals surface area contributed by atoms with Gasteiger partial charge in [0.1, 0.15) is 5.76 Å². The molecule has 0 aliphatic rings. The molecule has 1 heteroatoms. The van der Waals surface area contributed by atoms with Crippen molar-refractivity contribution in [1.29, 1.82) is 0 Å². The Morgan fingerprint density at radius 1 is 1.88 bits per heavy atom. The number of hydrogen-bond acceptors (Lipinski definition) is 1. The van der Waals surface area contributed by atoms with E-state index in [-0.39, 0.29) is 0 Å². The van der Waals surface area contributed by atoms with Crippen molar-refractivity contribution in [3.8, 4) is 0 Å². The second-order valence-electron chi connectivity index (χ2n) is 1.51. The van der Waals surface area contributed by atoms with Gasteiger partial charge in [0.05, 0.1) is 6.26 Å². The first kappa shape index (κ1) is 5.16. The van der Waals surface area contributed by atoms with Gasteiger partial charge in [0.25, 0.3) is 0 Å². The summed E-state index contributed by atoms with van der Waals surface area (Å²) in [4.78, 5) is 0. The maximum Gasteiger partial charge on any atom is 0.108 e. The van der Waals surface area contributed by atoms with Gasteiger partial charge in [-0.1, -0.05) is 6.08 Å². The summed E-state index contributed by atoms with van der Waals surface area (Å²) in [7, 11) is 0. The van der Waals surface area contributed by atoms with Crippen molar-refractivity contribution in [3.63, 3.8) is 0 Å². The predicted octanol–water partition coefficient (Wildman–Crippen LogP) is 1.81. The molecule has 0 atom stereocenters. The van der Waals surface area contributed by atoms with E-state index in [1.807, 2.05) is 6.07 Å². The van der Waals surface area contributed by atoms with Gasteiger partial charge in [-0.05, 0) is 6.07 Å². The van der Waals surface area contributed by atoms with Crippen LogP contribution < -0.4 is 0 Å². The lowest BCUT2D eigenvalue weighted by Crippen LogP contribution is -1.69. The molecule has 1 heterocycles. The van der Waals surface area contributed by atoms with Crippen molar-refractivity contribution in [1.82, 2.24) is 0 Å². The van der Waals surface area contributed by atoms with Crippen LogP contribution in [0.5, 0.6) is 0 Å². The lowest BCUT2D eigenvalue weighted by atomic mass is 10.3. The Balaban J connectivity index is 2.62. The number of hydrogen-bond donors (Lipinski definition) is 0. The minimum atomic E-state index is 0.795. The largest absolute Gasteiger partial charge is 0.468 e. The molecule has 0 amide bonds. The van der Waals surface area contributed by atoms with Gasteiger partial charge in [-0.25, -0.2) is 0 Å². The molecule has 0 N–H and O–H groups in total. The molecule has 1 rings (SSSR count). The molecular weight excluding hydrogens is 100 g/mol. The first-order valence-electron chi connectivity index (χ1n) is 2.48. The van der Waals surface area contributed by atoms with Crippen LogP contribution >= 0.6 is 0 Å². The molecule has 0 spiro atoms. The fourth-order valence-corrected chi connectivity index (χ4v) is 0.520. The Morgan fingerprint density at radius 2 is 2.75 bits per heavy atom. The van der Waals surface area contributed by atoms with E-state index >= 15 is 0 Å². The van der Waals surface area contributed by atoms with Crippen LogP contribution in [0.3, 0.4) is 0 Å². The third kappa shape index (κ3) is 0.997. The highest BCUT2D eigenvalue weighted by molar-refractivity contribution is 5.00. The molecule has 0 saturated carbocycles. The van der Waals surface area contributed by atoms with Crippen LogP contribution in [0.15, 0.2) is 29.4 Å². The molecule has 0 fully saturated rings. The van der Waals surface area contributed by atoms with E-state index < -0.39 is 0 Å². The van der Waals surface area contributed by atoms with Crippen LogP contribution in [-0.2, 0) is 6.42 Å². The van der Waals surface area contributed by atoms with Crippen molar-refractivity contribution in [2.24, 2.45) is 0 Å². The molecular formula is C7H7O. The number of rotatable bonds is 2. The van der Waals surface area contributed by atoms with E-state index in [0.29, 0.717) is 0 Å². The van der Waals surface area contributed by atoms with Gasteiger partial charge < -0.3 is 4.42 Å². The molecule has 8 heavy (non-hydrogen) atoms. The Labute approximate surface area is 48.6 Å². The van der Waals surface area contributed by atoms with E-state index in [1.165, 1.54) is 0 Å². The smallest absolute Gasteiger partial charge is 0.108 e. The fourth-order valence-electron chi connectivity index (χ4n) is 0.520. The van der Waals surface area contributed by atoms with E-state index in [4.69, 9.17) is 4.42 Å². The van der Waals surface area contributed by atoms with Crippen LogP contribution in [0.4, 0.5) is 0 Å². The molecule has 0 unspecified atom stereocenters. The van der Waals surface area contributed by atoms with Crippen molar-refractivity contribution in [2.75, 3.05) is 0 Å². The van der Waals surface area contributed by atoms with Gasteiger partial charge in [-0.3, -0.25) is 0 Å². The van der Waals surface area contributed by atoms with Gasteiger partial charge in [-0.15, -0.1) is 6.58 Å². The first-order chi connectivity index (χ1) is 3.93. The van der Waals surface area contributed by atoms with E-state index in [2.05, 4.69) is 12.6 Å². The molecule has 0 aliphatic heterocycles. The van der Waals surface area contributed by atoms with Gasteiger partial charge in [0.15, 0.2) is 0 Å². The normalized spacial score (nSPS) is 9.00. The highest BCUT2D eigenvalue weighted by Crippen LogP contribution is 1.98. The third-order valence-electron chi connectivity index (χ3n) is 0.868. The summed E-state index contributed by atoms with van der Waals surface area (Å²) < 4.78 is 4.95. The summed E-state index contributed by atoms with van der Waals surface area (Å²) in [6.07, 6.45) is 4.13. The third-order valence-corrected chi connectivity index (χ3v) is 0.868. The molecule has 1 aromatic rings. The maximum absolute atomic E-state index is 4.95. The Hall–Kier alpha value is -0.980. The van der Waals surface area contributed by atoms with Crippen molar-refractivity contribution in [2.45, 2.75) is 6.42 Å². The Bertz CT molecular complexity index is 151. The van der Waals surface area contributed by atoms with E-state index in [0.717, 1.165) is 12.2 Å². The van der Waals surface area contributed by atoms with Crippen LogP contribution in [0, 0.1) is 6.07 Å². The zero-order valence-corrected chi connectivity index (χ0v) is 4.55. The SMILES string of the molecule is C=CCc1c[c]co1. The van der Waals surface area contributed by atoms with Crippen LogP contribution in [0.2, 0.25) is 0 Å². The first-order valence-corrected chi connectivity index (χ1v) is 2.48. The summed E-state index contributed by atoms with van der Waals surface area (Å²) in [6.45, 7) is 3.56. The Kier molecular flexibility index (Phi) is 1.52. The highest BCUT2D eigenvalue weighted by atomic mass is 16.3. The van der Waals surface area contributed by atoms with Gasteiger partial charge >= 0.3 is 0 Å². The van der Waals surface area contributed by atoms with Crippen LogP contribution in [-0.4, -0.2) is 0 Å². The van der Waals surface area contributed by atoms with E-state index in [9.17, 15) is 0 Å². The molecule has 1 nitrogen and oxygen atoms in total. The second kappa shape index (κ2) is 2.36. The molecule has 1 aromatic heterocycles. The lowest BCUT2D eigenvalue weighted by molar-refractivity contribution is 0.523. The molecule has 0 saturated heterocycles.